The van der Waals surface area contributed by atoms with Gasteiger partial charge in [-0.2, -0.15) is 0 Å². The largest absolute Gasteiger partial charge is 0.481 e. The van der Waals surface area contributed by atoms with Crippen LogP contribution in [0.25, 0.3) is 0 Å². The Hall–Kier alpha value is -1.88. The van der Waals surface area contributed by atoms with Crippen molar-refractivity contribution in [2.24, 2.45) is 11.8 Å². The standard InChI is InChI=1S/C18H23NO4/c1-11-3-2-4-12(7-11)8-13(18(21)22)10-19-17(20)15-9-14-5-6-16(15)23-14/h2-4,7,13-16H,5-6,8-10H2,1H3,(H,19,20)(H,21,22). The molecule has 0 saturated carbocycles. The fraction of sp³-hybridized carbons (Fsp3) is 0.556. The van der Waals surface area contributed by atoms with Crippen LogP contribution in [0.4, 0.5) is 0 Å². The molecule has 2 saturated heterocycles. The van der Waals surface area contributed by atoms with Gasteiger partial charge in [-0.15, -0.1) is 0 Å². The molecule has 23 heavy (non-hydrogen) atoms. The molecule has 0 aromatic heterocycles. The maximum atomic E-state index is 12.3. The number of rotatable bonds is 6. The van der Waals surface area contributed by atoms with Gasteiger partial charge >= 0.3 is 5.97 Å². The third-order valence-electron chi connectivity index (χ3n) is 4.88. The number of amides is 1. The lowest BCUT2D eigenvalue weighted by Crippen LogP contribution is -2.40. The van der Waals surface area contributed by atoms with E-state index in [4.69, 9.17) is 4.74 Å². The Morgan fingerprint density at radius 3 is 2.83 bits per heavy atom. The number of ether oxygens (including phenoxy) is 1. The van der Waals surface area contributed by atoms with E-state index < -0.39 is 11.9 Å². The molecule has 5 nitrogen and oxygen atoms in total. The van der Waals surface area contributed by atoms with Gasteiger partial charge in [0.2, 0.25) is 5.91 Å². The third-order valence-corrected chi connectivity index (χ3v) is 4.88. The molecule has 4 unspecified atom stereocenters. The van der Waals surface area contributed by atoms with Crippen molar-refractivity contribution in [2.75, 3.05) is 6.54 Å². The highest BCUT2D eigenvalue weighted by atomic mass is 16.5. The van der Waals surface area contributed by atoms with Crippen LogP contribution in [0.5, 0.6) is 0 Å². The fourth-order valence-corrected chi connectivity index (χ4v) is 3.64. The van der Waals surface area contributed by atoms with Crippen molar-refractivity contribution in [2.45, 2.75) is 44.8 Å². The number of hydrogen-bond acceptors (Lipinski definition) is 3. The maximum Gasteiger partial charge on any atom is 0.308 e. The summed E-state index contributed by atoms with van der Waals surface area (Å²) in [6.07, 6.45) is 3.42. The molecular formula is C18H23NO4. The molecule has 2 bridgehead atoms. The van der Waals surface area contributed by atoms with E-state index in [1.54, 1.807) is 0 Å². The Morgan fingerprint density at radius 1 is 1.39 bits per heavy atom. The summed E-state index contributed by atoms with van der Waals surface area (Å²) in [5.74, 6) is -1.66. The van der Waals surface area contributed by atoms with Crippen molar-refractivity contribution >= 4 is 11.9 Å². The van der Waals surface area contributed by atoms with Gasteiger partial charge in [-0.3, -0.25) is 9.59 Å². The summed E-state index contributed by atoms with van der Waals surface area (Å²) in [5.41, 5.74) is 2.09. The molecule has 0 spiro atoms. The highest BCUT2D eigenvalue weighted by molar-refractivity contribution is 5.80. The van der Waals surface area contributed by atoms with Crippen molar-refractivity contribution < 1.29 is 19.4 Å². The minimum Gasteiger partial charge on any atom is -0.481 e. The van der Waals surface area contributed by atoms with E-state index in [-0.39, 0.29) is 30.6 Å². The first-order valence-electron chi connectivity index (χ1n) is 8.24. The molecule has 124 valence electrons. The Bertz CT molecular complexity index is 600. The summed E-state index contributed by atoms with van der Waals surface area (Å²) in [7, 11) is 0. The lowest BCUT2D eigenvalue weighted by atomic mass is 9.88. The Labute approximate surface area is 136 Å². The van der Waals surface area contributed by atoms with Crippen LogP contribution in [0.3, 0.4) is 0 Å². The van der Waals surface area contributed by atoms with Gasteiger partial charge in [0.1, 0.15) is 0 Å². The number of benzene rings is 1. The predicted molar refractivity (Wildman–Crippen MR) is 85.0 cm³/mol. The van der Waals surface area contributed by atoms with Gasteiger partial charge in [-0.25, -0.2) is 0 Å². The van der Waals surface area contributed by atoms with Gasteiger partial charge in [0, 0.05) is 6.54 Å². The summed E-state index contributed by atoms with van der Waals surface area (Å²) in [6, 6.07) is 7.82. The molecule has 5 heteroatoms. The van der Waals surface area contributed by atoms with Crippen LogP contribution in [0.2, 0.25) is 0 Å². The highest BCUT2D eigenvalue weighted by Crippen LogP contribution is 2.38. The van der Waals surface area contributed by atoms with Gasteiger partial charge in [-0.05, 0) is 38.2 Å². The van der Waals surface area contributed by atoms with Gasteiger partial charge in [0.15, 0.2) is 0 Å². The molecule has 2 aliphatic rings. The number of aliphatic carboxylic acids is 1. The van der Waals surface area contributed by atoms with Crippen molar-refractivity contribution in [3.63, 3.8) is 0 Å². The number of carboxylic acid groups (broad SMARTS) is 1. The van der Waals surface area contributed by atoms with E-state index in [9.17, 15) is 14.7 Å². The molecule has 2 fully saturated rings. The van der Waals surface area contributed by atoms with Gasteiger partial charge < -0.3 is 15.2 Å². The highest BCUT2D eigenvalue weighted by Gasteiger charge is 2.44. The lowest BCUT2D eigenvalue weighted by molar-refractivity contribution is -0.141. The van der Waals surface area contributed by atoms with E-state index >= 15 is 0 Å². The molecule has 3 rings (SSSR count). The topological polar surface area (TPSA) is 75.6 Å². The van der Waals surface area contributed by atoms with Gasteiger partial charge in [0.05, 0.1) is 24.0 Å². The number of carbonyl (C=O) groups is 2. The Morgan fingerprint density at radius 2 is 2.22 bits per heavy atom. The molecule has 1 amide bonds. The summed E-state index contributed by atoms with van der Waals surface area (Å²) in [6.45, 7) is 2.15. The molecular weight excluding hydrogens is 294 g/mol. The first kappa shape index (κ1) is 16.0. The van der Waals surface area contributed by atoms with Crippen molar-refractivity contribution in [3.05, 3.63) is 35.4 Å². The van der Waals surface area contributed by atoms with Crippen LogP contribution in [0, 0.1) is 18.8 Å². The quantitative estimate of drug-likeness (QED) is 0.840. The van der Waals surface area contributed by atoms with E-state index in [1.807, 2.05) is 31.2 Å². The first-order chi connectivity index (χ1) is 11.0. The average molecular weight is 317 g/mol. The predicted octanol–water partition coefficient (Wildman–Crippen LogP) is 1.92. The summed E-state index contributed by atoms with van der Waals surface area (Å²) >= 11 is 0. The smallest absolute Gasteiger partial charge is 0.308 e. The molecule has 1 aromatic rings. The minimum absolute atomic E-state index is 0.0278. The van der Waals surface area contributed by atoms with E-state index in [0.29, 0.717) is 6.42 Å². The Kier molecular flexibility index (Phi) is 4.66. The second-order valence-corrected chi connectivity index (χ2v) is 6.69. The zero-order valence-electron chi connectivity index (χ0n) is 13.3. The van der Waals surface area contributed by atoms with Gasteiger partial charge in [-0.1, -0.05) is 29.8 Å². The fourth-order valence-electron chi connectivity index (χ4n) is 3.64. The van der Waals surface area contributed by atoms with Gasteiger partial charge in [0.25, 0.3) is 0 Å². The monoisotopic (exact) mass is 317 g/mol. The maximum absolute atomic E-state index is 12.3. The van der Waals surface area contributed by atoms with Crippen LogP contribution in [-0.2, 0) is 20.7 Å². The van der Waals surface area contributed by atoms with Crippen LogP contribution in [0.15, 0.2) is 24.3 Å². The number of nitrogens with one attached hydrogen (secondary N) is 1. The van der Waals surface area contributed by atoms with Crippen LogP contribution < -0.4 is 5.32 Å². The van der Waals surface area contributed by atoms with Crippen molar-refractivity contribution in [1.29, 1.82) is 0 Å². The van der Waals surface area contributed by atoms with Crippen molar-refractivity contribution in [3.8, 4) is 0 Å². The molecule has 2 heterocycles. The number of hydrogen-bond donors (Lipinski definition) is 2. The molecule has 0 aliphatic carbocycles. The molecule has 0 radical (unpaired) electrons. The molecule has 2 N–H and O–H groups in total. The second-order valence-electron chi connectivity index (χ2n) is 6.69. The molecule has 1 aromatic carbocycles. The van der Waals surface area contributed by atoms with Crippen LogP contribution in [-0.4, -0.2) is 35.7 Å². The zero-order chi connectivity index (χ0) is 16.4. The third kappa shape index (κ3) is 3.72. The van der Waals surface area contributed by atoms with Crippen molar-refractivity contribution in [1.82, 2.24) is 5.32 Å². The normalized spacial score (nSPS) is 26.9. The SMILES string of the molecule is Cc1cccc(CC(CNC(=O)C2CC3CCC2O3)C(=O)O)c1. The zero-order valence-corrected chi connectivity index (χ0v) is 13.3. The minimum atomic E-state index is -0.879. The second kappa shape index (κ2) is 6.71. The molecule has 2 aliphatic heterocycles. The number of fused-ring (bicyclic) bond motifs is 2. The van der Waals surface area contributed by atoms with E-state index in [0.717, 1.165) is 30.4 Å². The Balaban J connectivity index is 1.55. The number of aryl methyl sites for hydroxylation is 1. The number of carboxylic acids is 1. The van der Waals surface area contributed by atoms with Crippen LogP contribution >= 0.6 is 0 Å². The van der Waals surface area contributed by atoms with E-state index in [2.05, 4.69) is 5.32 Å². The van der Waals surface area contributed by atoms with E-state index in [1.165, 1.54) is 0 Å². The summed E-state index contributed by atoms with van der Waals surface area (Å²) in [5, 5.41) is 12.2. The first-order valence-corrected chi connectivity index (χ1v) is 8.24. The summed E-state index contributed by atoms with van der Waals surface area (Å²) < 4.78 is 5.69. The average Bonchev–Trinajstić information content (AvgIpc) is 3.13. The lowest BCUT2D eigenvalue weighted by Gasteiger charge is -2.20. The van der Waals surface area contributed by atoms with Crippen LogP contribution in [0.1, 0.15) is 30.4 Å². The summed E-state index contributed by atoms with van der Waals surface area (Å²) in [4.78, 5) is 23.8. The number of carbonyl (C=O) groups excluding carboxylic acids is 1. The molecule has 4 atom stereocenters.